The van der Waals surface area contributed by atoms with Gasteiger partial charge in [0.05, 0.1) is 5.75 Å². The molecular weight excluding hydrogens is 284 g/mol. The van der Waals surface area contributed by atoms with Crippen molar-refractivity contribution < 1.29 is 9.59 Å². The number of nitrogens with one attached hydrogen (secondary N) is 1. The van der Waals surface area contributed by atoms with E-state index >= 15 is 0 Å². The Morgan fingerprint density at radius 2 is 1.86 bits per heavy atom. The van der Waals surface area contributed by atoms with Crippen molar-refractivity contribution in [3.8, 4) is 0 Å². The van der Waals surface area contributed by atoms with E-state index in [1.54, 1.807) is 36.4 Å². The van der Waals surface area contributed by atoms with Crippen LogP contribution in [0.15, 0.2) is 53.4 Å². The lowest BCUT2D eigenvalue weighted by molar-refractivity contribution is -0.113. The number of carbonyl (C=O) groups is 2. The minimum atomic E-state index is -0.113. The van der Waals surface area contributed by atoms with Gasteiger partial charge in [-0.1, -0.05) is 12.1 Å². The number of carbonyl (C=O) groups excluding carboxylic acids is 2. The molecule has 0 fully saturated rings. The van der Waals surface area contributed by atoms with E-state index in [9.17, 15) is 9.59 Å². The quantitative estimate of drug-likeness (QED) is 0.505. The van der Waals surface area contributed by atoms with Crippen LogP contribution in [-0.4, -0.2) is 17.4 Å². The number of hydrogen-bond acceptors (Lipinski definition) is 4. The molecule has 5 heteroatoms. The van der Waals surface area contributed by atoms with Crippen LogP contribution in [0.2, 0.25) is 0 Å². The molecule has 0 aromatic heterocycles. The van der Waals surface area contributed by atoms with Gasteiger partial charge in [0.25, 0.3) is 0 Å². The van der Waals surface area contributed by atoms with Crippen LogP contribution in [0.25, 0.3) is 0 Å². The van der Waals surface area contributed by atoms with Gasteiger partial charge in [0.1, 0.15) is 0 Å². The van der Waals surface area contributed by atoms with Crippen molar-refractivity contribution in [2.75, 3.05) is 16.8 Å². The predicted octanol–water partition coefficient (Wildman–Crippen LogP) is 3.20. The molecule has 108 valence electrons. The second-order valence-corrected chi connectivity index (χ2v) is 5.59. The lowest BCUT2D eigenvalue weighted by Gasteiger charge is -2.06. The van der Waals surface area contributed by atoms with E-state index in [-0.39, 0.29) is 11.7 Å². The lowest BCUT2D eigenvalue weighted by atomic mass is 10.1. The Hall–Kier alpha value is -2.27. The Balaban J connectivity index is 1.91. The highest BCUT2D eigenvalue weighted by Crippen LogP contribution is 2.19. The first-order valence-corrected chi connectivity index (χ1v) is 7.42. The fourth-order valence-corrected chi connectivity index (χ4v) is 2.42. The molecule has 0 spiro atoms. The number of Topliss-reactive ketones (excluding diaryl/α,β-unsaturated/α-hetero) is 1. The third-order valence-electron chi connectivity index (χ3n) is 2.80. The third kappa shape index (κ3) is 4.65. The van der Waals surface area contributed by atoms with E-state index in [1.165, 1.54) is 18.7 Å². The largest absolute Gasteiger partial charge is 0.399 e. The first kappa shape index (κ1) is 15.1. The van der Waals surface area contributed by atoms with Crippen LogP contribution in [-0.2, 0) is 4.79 Å². The van der Waals surface area contributed by atoms with E-state index in [1.807, 2.05) is 12.1 Å². The SMILES string of the molecule is CC(=O)c1cccc(NC(=O)CSc2ccc(N)cc2)c1. The van der Waals surface area contributed by atoms with E-state index in [2.05, 4.69) is 5.32 Å². The molecule has 0 saturated carbocycles. The summed E-state index contributed by atoms with van der Waals surface area (Å²) in [6.07, 6.45) is 0. The summed E-state index contributed by atoms with van der Waals surface area (Å²) in [5, 5.41) is 2.78. The van der Waals surface area contributed by atoms with Crippen LogP contribution in [0, 0.1) is 0 Å². The Kier molecular flexibility index (Phi) is 5.00. The predicted molar refractivity (Wildman–Crippen MR) is 86.7 cm³/mol. The van der Waals surface area contributed by atoms with Crippen molar-refractivity contribution in [3.05, 3.63) is 54.1 Å². The van der Waals surface area contributed by atoms with Crippen LogP contribution < -0.4 is 11.1 Å². The summed E-state index contributed by atoms with van der Waals surface area (Å²) in [5.74, 6) is 0.161. The van der Waals surface area contributed by atoms with Gasteiger partial charge in [0, 0.05) is 21.8 Å². The molecule has 0 aliphatic heterocycles. The van der Waals surface area contributed by atoms with Gasteiger partial charge in [0.2, 0.25) is 5.91 Å². The summed E-state index contributed by atoms with van der Waals surface area (Å²) in [5.41, 5.74) is 7.52. The van der Waals surface area contributed by atoms with Gasteiger partial charge < -0.3 is 11.1 Å². The number of benzene rings is 2. The molecule has 2 aromatic rings. The third-order valence-corrected chi connectivity index (χ3v) is 3.81. The van der Waals surface area contributed by atoms with Crippen LogP contribution in [0.5, 0.6) is 0 Å². The number of anilines is 2. The molecule has 2 aromatic carbocycles. The molecule has 0 unspecified atom stereocenters. The van der Waals surface area contributed by atoms with Crippen LogP contribution >= 0.6 is 11.8 Å². The highest BCUT2D eigenvalue weighted by Gasteiger charge is 2.05. The summed E-state index contributed by atoms with van der Waals surface area (Å²) in [4.78, 5) is 24.2. The Labute approximate surface area is 127 Å². The molecule has 0 aliphatic carbocycles. The number of thioether (sulfide) groups is 1. The molecule has 0 saturated heterocycles. The van der Waals surface area contributed by atoms with Crippen molar-refractivity contribution in [1.82, 2.24) is 0 Å². The van der Waals surface area contributed by atoms with Gasteiger partial charge in [0.15, 0.2) is 5.78 Å². The number of rotatable bonds is 5. The van der Waals surface area contributed by atoms with Gasteiger partial charge in [-0.25, -0.2) is 0 Å². The maximum atomic E-state index is 11.9. The van der Waals surface area contributed by atoms with Crippen molar-refractivity contribution in [2.24, 2.45) is 0 Å². The maximum Gasteiger partial charge on any atom is 0.234 e. The number of nitrogen functional groups attached to an aromatic ring is 1. The standard InChI is InChI=1S/C16H16N2O2S/c1-11(19)12-3-2-4-14(9-12)18-16(20)10-21-15-7-5-13(17)6-8-15/h2-9H,10,17H2,1H3,(H,18,20). The van der Waals surface area contributed by atoms with Crippen LogP contribution in [0.4, 0.5) is 11.4 Å². The minimum Gasteiger partial charge on any atom is -0.399 e. The molecule has 21 heavy (non-hydrogen) atoms. The summed E-state index contributed by atoms with van der Waals surface area (Å²) in [7, 11) is 0. The molecule has 0 atom stereocenters. The fraction of sp³-hybridized carbons (Fsp3) is 0.125. The Bertz CT molecular complexity index is 654. The molecular formula is C16H16N2O2S. The number of ketones is 1. The number of hydrogen-bond donors (Lipinski definition) is 2. The zero-order chi connectivity index (χ0) is 15.2. The van der Waals surface area contributed by atoms with Crippen molar-refractivity contribution in [1.29, 1.82) is 0 Å². The first-order chi connectivity index (χ1) is 10.0. The maximum absolute atomic E-state index is 11.9. The lowest BCUT2D eigenvalue weighted by Crippen LogP contribution is -2.14. The smallest absolute Gasteiger partial charge is 0.234 e. The van der Waals surface area contributed by atoms with E-state index < -0.39 is 0 Å². The average molecular weight is 300 g/mol. The zero-order valence-corrected chi connectivity index (χ0v) is 12.4. The van der Waals surface area contributed by atoms with Crippen molar-refractivity contribution in [2.45, 2.75) is 11.8 Å². The summed E-state index contributed by atoms with van der Waals surface area (Å²) >= 11 is 1.43. The number of nitrogens with two attached hydrogens (primary N) is 1. The highest BCUT2D eigenvalue weighted by molar-refractivity contribution is 8.00. The summed E-state index contributed by atoms with van der Waals surface area (Å²) in [6.45, 7) is 1.50. The van der Waals surface area contributed by atoms with E-state index in [4.69, 9.17) is 5.73 Å². The van der Waals surface area contributed by atoms with Gasteiger partial charge in [-0.15, -0.1) is 11.8 Å². The van der Waals surface area contributed by atoms with E-state index in [0.717, 1.165) is 4.90 Å². The minimum absolute atomic E-state index is 0.0256. The fourth-order valence-electron chi connectivity index (χ4n) is 1.73. The molecule has 0 bridgehead atoms. The monoisotopic (exact) mass is 300 g/mol. The normalized spacial score (nSPS) is 10.1. The second-order valence-electron chi connectivity index (χ2n) is 4.54. The van der Waals surface area contributed by atoms with Crippen LogP contribution in [0.3, 0.4) is 0 Å². The number of amides is 1. The summed E-state index contributed by atoms with van der Waals surface area (Å²) in [6, 6.07) is 14.3. The molecule has 4 nitrogen and oxygen atoms in total. The molecule has 0 radical (unpaired) electrons. The molecule has 1 amide bonds. The molecule has 3 N–H and O–H groups in total. The second kappa shape index (κ2) is 6.95. The topological polar surface area (TPSA) is 72.2 Å². The molecule has 0 heterocycles. The first-order valence-electron chi connectivity index (χ1n) is 6.44. The Morgan fingerprint density at radius 3 is 2.52 bits per heavy atom. The van der Waals surface area contributed by atoms with Crippen molar-refractivity contribution >= 4 is 34.8 Å². The summed E-state index contributed by atoms with van der Waals surface area (Å²) < 4.78 is 0. The van der Waals surface area contributed by atoms with Gasteiger partial charge in [-0.2, -0.15) is 0 Å². The van der Waals surface area contributed by atoms with Gasteiger partial charge in [-0.05, 0) is 43.3 Å². The van der Waals surface area contributed by atoms with Crippen LogP contribution in [0.1, 0.15) is 17.3 Å². The molecule has 0 aliphatic rings. The zero-order valence-electron chi connectivity index (χ0n) is 11.6. The Morgan fingerprint density at radius 1 is 1.14 bits per heavy atom. The van der Waals surface area contributed by atoms with Gasteiger partial charge >= 0.3 is 0 Å². The van der Waals surface area contributed by atoms with Gasteiger partial charge in [-0.3, -0.25) is 9.59 Å². The van der Waals surface area contributed by atoms with E-state index in [0.29, 0.717) is 22.7 Å². The average Bonchev–Trinajstić information content (AvgIpc) is 2.47. The highest BCUT2D eigenvalue weighted by atomic mass is 32.2. The van der Waals surface area contributed by atoms with Crippen molar-refractivity contribution in [3.63, 3.8) is 0 Å². The molecule has 2 rings (SSSR count).